The van der Waals surface area contributed by atoms with Crippen LogP contribution >= 0.6 is 0 Å². The third kappa shape index (κ3) is 4.27. The SMILES string of the molecule is CC1(C)CN(C(=O)Nc2ccc3c(c2)CN(C2CCC(=O)NC2=O)C3=O)CC(C)(C)O1. The first-order valence-electron chi connectivity index (χ1n) is 10.5. The first kappa shape index (κ1) is 21.3. The molecule has 2 N–H and O–H groups in total. The predicted molar refractivity (Wildman–Crippen MR) is 112 cm³/mol. The van der Waals surface area contributed by atoms with Crippen LogP contribution in [0, 0.1) is 0 Å². The van der Waals surface area contributed by atoms with Crippen LogP contribution in [0.15, 0.2) is 18.2 Å². The van der Waals surface area contributed by atoms with Crippen LogP contribution in [0.3, 0.4) is 0 Å². The molecule has 9 heteroatoms. The van der Waals surface area contributed by atoms with Crippen molar-refractivity contribution in [2.75, 3.05) is 18.4 Å². The summed E-state index contributed by atoms with van der Waals surface area (Å²) in [4.78, 5) is 52.5. The van der Waals surface area contributed by atoms with Gasteiger partial charge in [-0.3, -0.25) is 19.7 Å². The third-order valence-corrected chi connectivity index (χ3v) is 5.76. The maximum atomic E-state index is 12.9. The average molecular weight is 428 g/mol. The van der Waals surface area contributed by atoms with Crippen molar-refractivity contribution in [2.24, 2.45) is 0 Å². The molecular formula is C22H28N4O5. The Bertz CT molecular complexity index is 955. The maximum absolute atomic E-state index is 12.9. The molecular weight excluding hydrogens is 400 g/mol. The van der Waals surface area contributed by atoms with Gasteiger partial charge < -0.3 is 19.9 Å². The van der Waals surface area contributed by atoms with Gasteiger partial charge in [0, 0.05) is 24.2 Å². The van der Waals surface area contributed by atoms with Crippen molar-refractivity contribution in [3.8, 4) is 0 Å². The zero-order valence-corrected chi connectivity index (χ0v) is 18.3. The summed E-state index contributed by atoms with van der Waals surface area (Å²) in [5.74, 6) is -0.993. The van der Waals surface area contributed by atoms with Gasteiger partial charge >= 0.3 is 6.03 Å². The number of nitrogens with one attached hydrogen (secondary N) is 2. The maximum Gasteiger partial charge on any atom is 0.322 e. The molecule has 0 aromatic heterocycles. The van der Waals surface area contributed by atoms with E-state index in [1.165, 1.54) is 4.90 Å². The summed E-state index contributed by atoms with van der Waals surface area (Å²) in [5, 5.41) is 5.21. The first-order valence-corrected chi connectivity index (χ1v) is 10.5. The summed E-state index contributed by atoms with van der Waals surface area (Å²) in [5.41, 5.74) is 0.938. The van der Waals surface area contributed by atoms with E-state index in [0.717, 1.165) is 5.56 Å². The third-order valence-electron chi connectivity index (χ3n) is 5.76. The number of amides is 5. The highest BCUT2D eigenvalue weighted by atomic mass is 16.5. The average Bonchev–Trinajstić information content (AvgIpc) is 2.95. The van der Waals surface area contributed by atoms with Gasteiger partial charge in [-0.15, -0.1) is 0 Å². The fourth-order valence-corrected chi connectivity index (χ4v) is 4.79. The number of piperidine rings is 1. The van der Waals surface area contributed by atoms with Crippen molar-refractivity contribution in [3.05, 3.63) is 29.3 Å². The van der Waals surface area contributed by atoms with Gasteiger partial charge in [0.25, 0.3) is 5.91 Å². The molecule has 3 aliphatic rings. The number of morpholine rings is 1. The summed E-state index contributed by atoms with van der Waals surface area (Å²) in [7, 11) is 0. The van der Waals surface area contributed by atoms with Crippen LogP contribution in [0.4, 0.5) is 10.5 Å². The highest BCUT2D eigenvalue weighted by molar-refractivity contribution is 6.05. The van der Waals surface area contributed by atoms with E-state index in [-0.39, 0.29) is 30.8 Å². The lowest BCUT2D eigenvalue weighted by molar-refractivity contribution is -0.169. The summed E-state index contributed by atoms with van der Waals surface area (Å²) < 4.78 is 6.03. The molecule has 4 rings (SSSR count). The van der Waals surface area contributed by atoms with Crippen LogP contribution in [0.1, 0.15) is 56.5 Å². The van der Waals surface area contributed by atoms with E-state index in [9.17, 15) is 19.2 Å². The van der Waals surface area contributed by atoms with Gasteiger partial charge in [0.2, 0.25) is 11.8 Å². The Hall–Kier alpha value is -2.94. The second kappa shape index (κ2) is 7.33. The molecule has 3 aliphatic heterocycles. The summed E-state index contributed by atoms with van der Waals surface area (Å²) in [6.07, 6.45) is 0.528. The van der Waals surface area contributed by atoms with Crippen LogP contribution < -0.4 is 10.6 Å². The standard InChI is InChI=1S/C22H28N4O5/c1-21(2)11-25(12-22(3,4)31-21)20(30)23-14-5-6-15-13(9-14)10-26(19(15)29)16-7-8-17(27)24-18(16)28/h5-6,9,16H,7-8,10-12H2,1-4H3,(H,23,30)(H,24,27,28). The van der Waals surface area contributed by atoms with Gasteiger partial charge in [0.15, 0.2) is 0 Å². The number of imide groups is 1. The zero-order chi connectivity index (χ0) is 22.6. The van der Waals surface area contributed by atoms with Gasteiger partial charge in [0.05, 0.1) is 24.3 Å². The number of benzene rings is 1. The van der Waals surface area contributed by atoms with Gasteiger partial charge in [-0.2, -0.15) is 0 Å². The van der Waals surface area contributed by atoms with E-state index in [4.69, 9.17) is 4.74 Å². The Labute approximate surface area is 181 Å². The van der Waals surface area contributed by atoms with Gasteiger partial charge in [-0.05, 0) is 57.9 Å². The van der Waals surface area contributed by atoms with Crippen molar-refractivity contribution >= 4 is 29.4 Å². The monoisotopic (exact) mass is 428 g/mol. The predicted octanol–water partition coefficient (Wildman–Crippen LogP) is 1.87. The molecule has 3 heterocycles. The number of carbonyl (C=O) groups is 4. The van der Waals surface area contributed by atoms with Crippen molar-refractivity contribution in [3.63, 3.8) is 0 Å². The topological polar surface area (TPSA) is 108 Å². The largest absolute Gasteiger partial charge is 0.366 e. The molecule has 1 aromatic carbocycles. The fraction of sp³-hybridized carbons (Fsp3) is 0.545. The molecule has 31 heavy (non-hydrogen) atoms. The molecule has 0 bridgehead atoms. The smallest absolute Gasteiger partial charge is 0.322 e. The summed E-state index contributed by atoms with van der Waals surface area (Å²) in [6.45, 7) is 9.03. The van der Waals surface area contributed by atoms with Crippen LogP contribution in [0.25, 0.3) is 0 Å². The Morgan fingerprint density at radius 2 is 1.81 bits per heavy atom. The molecule has 2 saturated heterocycles. The van der Waals surface area contributed by atoms with Crippen molar-refractivity contribution in [2.45, 2.75) is 64.3 Å². The van der Waals surface area contributed by atoms with E-state index < -0.39 is 23.2 Å². The molecule has 0 spiro atoms. The minimum absolute atomic E-state index is 0.212. The number of ether oxygens (including phenoxy) is 1. The Morgan fingerprint density at radius 3 is 2.45 bits per heavy atom. The summed E-state index contributed by atoms with van der Waals surface area (Å²) in [6, 6.07) is 4.25. The number of hydrogen-bond donors (Lipinski definition) is 2. The quantitative estimate of drug-likeness (QED) is 0.699. The molecule has 0 saturated carbocycles. The van der Waals surface area contributed by atoms with Crippen LogP contribution in [0.2, 0.25) is 0 Å². The molecule has 0 radical (unpaired) electrons. The molecule has 166 valence electrons. The van der Waals surface area contributed by atoms with E-state index in [1.807, 2.05) is 27.7 Å². The Morgan fingerprint density at radius 1 is 1.13 bits per heavy atom. The zero-order valence-electron chi connectivity index (χ0n) is 18.3. The van der Waals surface area contributed by atoms with Crippen LogP contribution in [-0.2, 0) is 20.9 Å². The first-order chi connectivity index (χ1) is 14.4. The number of fused-ring (bicyclic) bond motifs is 1. The Kier molecular flexibility index (Phi) is 5.04. The van der Waals surface area contributed by atoms with E-state index in [0.29, 0.717) is 30.8 Å². The van der Waals surface area contributed by atoms with Gasteiger partial charge in [0.1, 0.15) is 6.04 Å². The number of urea groups is 1. The summed E-state index contributed by atoms with van der Waals surface area (Å²) >= 11 is 0. The van der Waals surface area contributed by atoms with Gasteiger partial charge in [-0.1, -0.05) is 0 Å². The van der Waals surface area contributed by atoms with Crippen LogP contribution in [-0.4, -0.2) is 63.9 Å². The molecule has 1 unspecified atom stereocenters. The molecule has 1 aromatic rings. The van der Waals surface area contributed by atoms with E-state index in [1.54, 1.807) is 23.1 Å². The highest BCUT2D eigenvalue weighted by Gasteiger charge is 2.41. The van der Waals surface area contributed by atoms with Crippen molar-refractivity contribution in [1.29, 1.82) is 0 Å². The van der Waals surface area contributed by atoms with Crippen molar-refractivity contribution in [1.82, 2.24) is 15.1 Å². The minimum atomic E-state index is -0.659. The molecule has 9 nitrogen and oxygen atoms in total. The highest BCUT2D eigenvalue weighted by Crippen LogP contribution is 2.31. The lowest BCUT2D eigenvalue weighted by Crippen LogP contribution is -2.59. The Balaban J connectivity index is 1.47. The number of anilines is 1. The lowest BCUT2D eigenvalue weighted by atomic mass is 9.99. The van der Waals surface area contributed by atoms with Gasteiger partial charge in [-0.25, -0.2) is 4.79 Å². The molecule has 5 amide bonds. The number of rotatable bonds is 2. The second-order valence-electron chi connectivity index (χ2n) is 9.68. The number of hydrogen-bond acceptors (Lipinski definition) is 5. The number of nitrogens with zero attached hydrogens (tertiary/aromatic N) is 2. The fourth-order valence-electron chi connectivity index (χ4n) is 4.79. The second-order valence-corrected chi connectivity index (χ2v) is 9.68. The molecule has 0 aliphatic carbocycles. The van der Waals surface area contributed by atoms with Crippen molar-refractivity contribution < 1.29 is 23.9 Å². The molecule has 2 fully saturated rings. The van der Waals surface area contributed by atoms with E-state index >= 15 is 0 Å². The minimum Gasteiger partial charge on any atom is -0.366 e. The number of carbonyl (C=O) groups excluding carboxylic acids is 4. The lowest BCUT2D eigenvalue weighted by Gasteiger charge is -2.46. The van der Waals surface area contributed by atoms with Crippen LogP contribution in [0.5, 0.6) is 0 Å². The normalized spacial score (nSPS) is 24.6. The molecule has 1 atom stereocenters. The van der Waals surface area contributed by atoms with E-state index in [2.05, 4.69) is 10.6 Å².